The fourth-order valence-corrected chi connectivity index (χ4v) is 3.15. The minimum absolute atomic E-state index is 0.465. The Bertz CT molecular complexity index is 800. The fraction of sp³-hybridized carbons (Fsp3) is 0.333. The minimum Gasteiger partial charge on any atom is -0.439 e. The number of benzene rings is 1. The maximum Gasteiger partial charge on any atom is 0.209 e. The van der Waals surface area contributed by atoms with Crippen molar-refractivity contribution in [3.63, 3.8) is 0 Å². The Kier molecular flexibility index (Phi) is 3.50. The molecule has 4 rings (SSSR count). The highest BCUT2D eigenvalue weighted by atomic mass is 16.4. The molecule has 3 heterocycles. The van der Waals surface area contributed by atoms with Gasteiger partial charge in [-0.15, -0.1) is 0 Å². The average molecular weight is 308 g/mol. The summed E-state index contributed by atoms with van der Waals surface area (Å²) >= 11 is 0. The quantitative estimate of drug-likeness (QED) is 0.742. The second kappa shape index (κ2) is 5.66. The monoisotopic (exact) mass is 308 g/mol. The first kappa shape index (κ1) is 14.2. The average Bonchev–Trinajstić information content (AvgIpc) is 3.10. The molecule has 0 spiro atoms. The molecule has 0 unspecified atom stereocenters. The van der Waals surface area contributed by atoms with Gasteiger partial charge >= 0.3 is 0 Å². The molecule has 0 bridgehead atoms. The van der Waals surface area contributed by atoms with Crippen molar-refractivity contribution in [3.05, 3.63) is 59.9 Å². The Morgan fingerprint density at radius 2 is 1.96 bits per heavy atom. The third-order valence-corrected chi connectivity index (χ3v) is 4.30. The maximum absolute atomic E-state index is 5.87. The van der Waals surface area contributed by atoms with Crippen molar-refractivity contribution in [2.75, 3.05) is 13.1 Å². The summed E-state index contributed by atoms with van der Waals surface area (Å²) < 4.78 is 8.01. The predicted octanol–water partition coefficient (Wildman–Crippen LogP) is 3.21. The van der Waals surface area contributed by atoms with Crippen molar-refractivity contribution in [1.29, 1.82) is 0 Å². The third-order valence-electron chi connectivity index (χ3n) is 4.30. The summed E-state index contributed by atoms with van der Waals surface area (Å²) in [6, 6.07) is 12.7. The van der Waals surface area contributed by atoms with Crippen molar-refractivity contribution in [1.82, 2.24) is 19.7 Å². The topological polar surface area (TPSA) is 47.1 Å². The van der Waals surface area contributed by atoms with Crippen LogP contribution >= 0.6 is 0 Å². The molecule has 0 N–H and O–H groups in total. The lowest BCUT2D eigenvalue weighted by atomic mass is 10.1. The Morgan fingerprint density at radius 1 is 1.17 bits per heavy atom. The molecule has 1 aliphatic rings. The van der Waals surface area contributed by atoms with Crippen LogP contribution < -0.4 is 0 Å². The van der Waals surface area contributed by atoms with E-state index in [9.17, 15) is 0 Å². The summed E-state index contributed by atoms with van der Waals surface area (Å²) in [7, 11) is 0. The van der Waals surface area contributed by atoms with Crippen LogP contribution in [0.3, 0.4) is 0 Å². The first-order valence-corrected chi connectivity index (χ1v) is 7.94. The molecule has 5 heteroatoms. The van der Waals surface area contributed by atoms with E-state index in [-0.39, 0.29) is 0 Å². The first-order valence-electron chi connectivity index (χ1n) is 7.94. The predicted molar refractivity (Wildman–Crippen MR) is 88.0 cm³/mol. The van der Waals surface area contributed by atoms with Crippen LogP contribution in [0.15, 0.2) is 47.0 Å². The smallest absolute Gasteiger partial charge is 0.209 e. The van der Waals surface area contributed by atoms with E-state index in [0.29, 0.717) is 6.04 Å². The van der Waals surface area contributed by atoms with Gasteiger partial charge in [0.25, 0.3) is 0 Å². The van der Waals surface area contributed by atoms with Gasteiger partial charge in [-0.2, -0.15) is 5.10 Å². The number of aromatic nitrogens is 3. The van der Waals surface area contributed by atoms with E-state index in [1.165, 1.54) is 5.69 Å². The zero-order chi connectivity index (χ0) is 15.8. The highest BCUT2D eigenvalue weighted by molar-refractivity contribution is 5.55. The number of nitrogens with zero attached hydrogens (tertiary/aromatic N) is 4. The van der Waals surface area contributed by atoms with E-state index in [0.717, 1.165) is 42.5 Å². The Morgan fingerprint density at radius 3 is 2.65 bits per heavy atom. The zero-order valence-corrected chi connectivity index (χ0v) is 13.4. The molecule has 0 atom stereocenters. The van der Waals surface area contributed by atoms with Gasteiger partial charge in [0.1, 0.15) is 0 Å². The number of aryl methyl sites for hydroxylation is 2. The van der Waals surface area contributed by atoms with E-state index < -0.39 is 0 Å². The molecule has 3 aromatic rings. The van der Waals surface area contributed by atoms with Gasteiger partial charge in [0.2, 0.25) is 5.89 Å². The summed E-state index contributed by atoms with van der Waals surface area (Å²) in [5, 5.41) is 4.57. The van der Waals surface area contributed by atoms with Crippen molar-refractivity contribution in [2.45, 2.75) is 26.4 Å². The van der Waals surface area contributed by atoms with E-state index in [1.54, 1.807) is 0 Å². The van der Waals surface area contributed by atoms with Crippen molar-refractivity contribution < 1.29 is 4.42 Å². The number of likely N-dealkylation sites (tertiary alicyclic amines) is 1. The molecule has 1 aromatic carbocycles. The van der Waals surface area contributed by atoms with Crippen LogP contribution in [0.4, 0.5) is 0 Å². The van der Waals surface area contributed by atoms with Crippen molar-refractivity contribution >= 4 is 0 Å². The summed E-state index contributed by atoms with van der Waals surface area (Å²) in [4.78, 5) is 6.74. The van der Waals surface area contributed by atoms with Gasteiger partial charge in [-0.25, -0.2) is 4.98 Å². The molecule has 23 heavy (non-hydrogen) atoms. The molecule has 0 saturated carbocycles. The normalized spacial score (nSPS) is 15.7. The van der Waals surface area contributed by atoms with E-state index >= 15 is 0 Å². The standard InChI is InChI=1S/C18H20N4O/c1-13-8-14(2)22(20-13)16-10-21(11-16)12-18-19-9-17(23-18)15-6-4-3-5-7-15/h3-9,16H,10-12H2,1-2H3. The van der Waals surface area contributed by atoms with Crippen LogP contribution in [0.1, 0.15) is 23.3 Å². The number of rotatable bonds is 4. The van der Waals surface area contributed by atoms with E-state index in [4.69, 9.17) is 4.42 Å². The highest BCUT2D eigenvalue weighted by Crippen LogP contribution is 2.26. The molecular formula is C18H20N4O. The molecular weight excluding hydrogens is 288 g/mol. The molecule has 0 amide bonds. The van der Waals surface area contributed by atoms with Gasteiger partial charge in [0.15, 0.2) is 5.76 Å². The van der Waals surface area contributed by atoms with E-state index in [1.807, 2.05) is 43.5 Å². The summed E-state index contributed by atoms with van der Waals surface area (Å²) in [6.45, 7) is 6.89. The second-order valence-corrected chi connectivity index (χ2v) is 6.20. The Labute approximate surface area is 135 Å². The number of hydrogen-bond donors (Lipinski definition) is 0. The van der Waals surface area contributed by atoms with Crippen LogP contribution in [0.2, 0.25) is 0 Å². The lowest BCUT2D eigenvalue weighted by molar-refractivity contribution is 0.0803. The van der Waals surface area contributed by atoms with Gasteiger partial charge in [0.05, 0.1) is 24.5 Å². The van der Waals surface area contributed by atoms with Gasteiger partial charge in [-0.1, -0.05) is 30.3 Å². The van der Waals surface area contributed by atoms with Crippen LogP contribution in [0, 0.1) is 13.8 Å². The second-order valence-electron chi connectivity index (χ2n) is 6.20. The highest BCUT2D eigenvalue weighted by Gasteiger charge is 2.30. The number of hydrogen-bond acceptors (Lipinski definition) is 4. The molecule has 118 valence electrons. The summed E-state index contributed by atoms with van der Waals surface area (Å²) in [5.41, 5.74) is 3.38. The summed E-state index contributed by atoms with van der Waals surface area (Å²) in [6.07, 6.45) is 1.81. The lowest BCUT2D eigenvalue weighted by Crippen LogP contribution is -2.47. The van der Waals surface area contributed by atoms with Crippen molar-refractivity contribution in [2.24, 2.45) is 0 Å². The summed E-state index contributed by atoms with van der Waals surface area (Å²) in [5.74, 6) is 1.60. The van der Waals surface area contributed by atoms with E-state index in [2.05, 4.69) is 32.7 Å². The van der Waals surface area contributed by atoms with Gasteiger partial charge < -0.3 is 4.42 Å². The van der Waals surface area contributed by atoms with Crippen LogP contribution in [0.5, 0.6) is 0 Å². The molecule has 1 fully saturated rings. The van der Waals surface area contributed by atoms with Crippen LogP contribution in [0.25, 0.3) is 11.3 Å². The van der Waals surface area contributed by atoms with Gasteiger partial charge in [-0.05, 0) is 19.9 Å². The SMILES string of the molecule is Cc1cc(C)n(C2CN(Cc3ncc(-c4ccccc4)o3)C2)n1. The van der Waals surface area contributed by atoms with Crippen LogP contribution in [-0.2, 0) is 6.54 Å². The zero-order valence-electron chi connectivity index (χ0n) is 13.4. The van der Waals surface area contributed by atoms with Gasteiger partial charge in [-0.3, -0.25) is 9.58 Å². The Balaban J connectivity index is 1.38. The molecule has 0 aliphatic carbocycles. The Hall–Kier alpha value is -2.40. The molecule has 5 nitrogen and oxygen atoms in total. The maximum atomic E-state index is 5.87. The lowest BCUT2D eigenvalue weighted by Gasteiger charge is -2.38. The molecule has 1 aliphatic heterocycles. The third kappa shape index (κ3) is 2.80. The minimum atomic E-state index is 0.465. The fourth-order valence-electron chi connectivity index (χ4n) is 3.15. The van der Waals surface area contributed by atoms with Crippen molar-refractivity contribution in [3.8, 4) is 11.3 Å². The van der Waals surface area contributed by atoms with Gasteiger partial charge in [0, 0.05) is 24.3 Å². The molecule has 1 saturated heterocycles. The molecule has 2 aromatic heterocycles. The number of oxazole rings is 1. The molecule has 0 radical (unpaired) electrons. The van der Waals surface area contributed by atoms with Crippen LogP contribution in [-0.4, -0.2) is 32.8 Å². The largest absolute Gasteiger partial charge is 0.439 e. The first-order chi connectivity index (χ1) is 11.2.